The SMILES string of the molecule is CCCCCCCCCCCCCC(=O)OCCCCC/C=C\C=C/CCCCCCCCC(=O)NC(CO)C(O)CCCCCCCCCCCCC. The topological polar surface area (TPSA) is 95.9 Å². The van der Waals surface area contributed by atoms with Gasteiger partial charge in [-0.2, -0.15) is 0 Å². The van der Waals surface area contributed by atoms with Gasteiger partial charge in [0.1, 0.15) is 0 Å². The number of amides is 1. The van der Waals surface area contributed by atoms with Crippen LogP contribution in [0.5, 0.6) is 0 Å². The van der Waals surface area contributed by atoms with E-state index in [4.69, 9.17) is 4.74 Å². The zero-order valence-corrected chi connectivity index (χ0v) is 36.0. The Hall–Kier alpha value is -1.66. The van der Waals surface area contributed by atoms with Gasteiger partial charge in [-0.25, -0.2) is 0 Å². The van der Waals surface area contributed by atoms with Crippen molar-refractivity contribution in [2.45, 2.75) is 257 Å². The highest BCUT2D eigenvalue weighted by molar-refractivity contribution is 5.76. The summed E-state index contributed by atoms with van der Waals surface area (Å²) in [5.41, 5.74) is 0. The van der Waals surface area contributed by atoms with Crippen LogP contribution in [0.4, 0.5) is 0 Å². The summed E-state index contributed by atoms with van der Waals surface area (Å²) in [5.74, 6) is -0.0820. The summed E-state index contributed by atoms with van der Waals surface area (Å²) in [5, 5.41) is 23.1. The van der Waals surface area contributed by atoms with Crippen LogP contribution < -0.4 is 5.32 Å². The van der Waals surface area contributed by atoms with E-state index in [9.17, 15) is 19.8 Å². The molecule has 0 fully saturated rings. The summed E-state index contributed by atoms with van der Waals surface area (Å²) in [4.78, 5) is 24.3. The molecule has 2 unspecified atom stereocenters. The van der Waals surface area contributed by atoms with E-state index >= 15 is 0 Å². The molecule has 6 nitrogen and oxygen atoms in total. The van der Waals surface area contributed by atoms with E-state index in [2.05, 4.69) is 43.5 Å². The number of esters is 1. The molecule has 0 spiro atoms. The number of aliphatic hydroxyl groups is 2. The van der Waals surface area contributed by atoms with Crippen LogP contribution in [0.1, 0.15) is 245 Å². The molecule has 0 aromatic heterocycles. The lowest BCUT2D eigenvalue weighted by atomic mass is 10.0. The number of ether oxygens (including phenoxy) is 1. The molecule has 3 N–H and O–H groups in total. The van der Waals surface area contributed by atoms with Crippen LogP contribution in [0, 0.1) is 0 Å². The quantitative estimate of drug-likeness (QED) is 0.0327. The van der Waals surface area contributed by atoms with E-state index < -0.39 is 12.1 Å². The summed E-state index contributed by atoms with van der Waals surface area (Å²) < 4.78 is 5.42. The Morgan fingerprint density at radius 2 is 0.907 bits per heavy atom. The van der Waals surface area contributed by atoms with Crippen molar-refractivity contribution < 1.29 is 24.5 Å². The third-order valence-corrected chi connectivity index (χ3v) is 10.8. The zero-order chi connectivity index (χ0) is 39.4. The van der Waals surface area contributed by atoms with Crippen molar-refractivity contribution in [1.82, 2.24) is 5.32 Å². The maximum Gasteiger partial charge on any atom is 0.305 e. The first-order valence-corrected chi connectivity index (χ1v) is 23.6. The predicted octanol–water partition coefficient (Wildman–Crippen LogP) is 13.6. The number of hydrogen-bond acceptors (Lipinski definition) is 5. The van der Waals surface area contributed by atoms with Crippen LogP contribution >= 0.6 is 0 Å². The lowest BCUT2D eigenvalue weighted by Gasteiger charge is -2.22. The van der Waals surface area contributed by atoms with Crippen LogP contribution in [-0.4, -0.2) is 47.4 Å². The normalized spacial score (nSPS) is 12.9. The van der Waals surface area contributed by atoms with Gasteiger partial charge in [-0.1, -0.05) is 199 Å². The monoisotopic (exact) mass is 762 g/mol. The molecule has 0 saturated carbocycles. The molecule has 0 aliphatic carbocycles. The number of carbonyl (C=O) groups is 2. The Bertz CT molecular complexity index is 843. The first kappa shape index (κ1) is 52.3. The van der Waals surface area contributed by atoms with Crippen molar-refractivity contribution in [2.75, 3.05) is 13.2 Å². The minimum atomic E-state index is -0.676. The first-order chi connectivity index (χ1) is 26.5. The van der Waals surface area contributed by atoms with Crippen molar-refractivity contribution >= 4 is 11.9 Å². The fourth-order valence-electron chi connectivity index (χ4n) is 7.10. The largest absolute Gasteiger partial charge is 0.466 e. The number of aliphatic hydroxyl groups excluding tert-OH is 2. The molecule has 0 aromatic carbocycles. The summed E-state index contributed by atoms with van der Waals surface area (Å²) in [6.07, 6.45) is 49.9. The number of allylic oxidation sites excluding steroid dienone is 4. The number of carbonyl (C=O) groups excluding carboxylic acids is 2. The van der Waals surface area contributed by atoms with Gasteiger partial charge < -0.3 is 20.3 Å². The molecule has 0 aliphatic rings. The molecule has 1 amide bonds. The minimum Gasteiger partial charge on any atom is -0.466 e. The molecule has 0 rings (SSSR count). The molecule has 0 aromatic rings. The Kier molecular flexibility index (Phi) is 42.7. The van der Waals surface area contributed by atoms with Crippen molar-refractivity contribution in [1.29, 1.82) is 0 Å². The fraction of sp³-hybridized carbons (Fsp3) is 0.875. The van der Waals surface area contributed by atoms with Crippen molar-refractivity contribution in [3.05, 3.63) is 24.3 Å². The second-order valence-corrected chi connectivity index (χ2v) is 16.1. The smallest absolute Gasteiger partial charge is 0.305 e. The molecular weight excluding hydrogens is 671 g/mol. The molecule has 2 atom stereocenters. The lowest BCUT2D eigenvalue weighted by Crippen LogP contribution is -2.45. The lowest BCUT2D eigenvalue weighted by molar-refractivity contribution is -0.143. The van der Waals surface area contributed by atoms with Gasteiger partial charge in [0.25, 0.3) is 0 Å². The van der Waals surface area contributed by atoms with Gasteiger partial charge in [0, 0.05) is 12.8 Å². The van der Waals surface area contributed by atoms with Crippen molar-refractivity contribution in [3.63, 3.8) is 0 Å². The van der Waals surface area contributed by atoms with E-state index in [1.54, 1.807) is 0 Å². The molecule has 0 bridgehead atoms. The Morgan fingerprint density at radius 1 is 0.519 bits per heavy atom. The Balaban J connectivity index is 3.53. The van der Waals surface area contributed by atoms with Gasteiger partial charge in [0.05, 0.1) is 25.4 Å². The number of unbranched alkanes of at least 4 members (excludes halogenated alkanes) is 29. The highest BCUT2D eigenvalue weighted by atomic mass is 16.5. The number of rotatable bonds is 43. The molecule has 0 aliphatic heterocycles. The predicted molar refractivity (Wildman–Crippen MR) is 232 cm³/mol. The molecule has 0 saturated heterocycles. The van der Waals surface area contributed by atoms with Crippen LogP contribution in [0.15, 0.2) is 24.3 Å². The standard InChI is InChI=1S/C48H91NO5/c1-3-5-7-9-11-13-20-24-28-32-36-40-46(51)45(44-50)49-47(52)41-37-33-29-25-22-18-16-15-17-19-23-27-31-35-39-43-54-48(53)42-38-34-30-26-21-14-12-10-8-6-4-2/h15,17,19,23,45-46,50-51H,3-14,16,18,20-22,24-44H2,1-2H3,(H,49,52)/b17-15-,23-19-. The van der Waals surface area contributed by atoms with Gasteiger partial charge in [-0.3, -0.25) is 9.59 Å². The number of nitrogens with one attached hydrogen (secondary N) is 1. The highest BCUT2D eigenvalue weighted by Crippen LogP contribution is 2.15. The van der Waals surface area contributed by atoms with Crippen molar-refractivity contribution in [3.8, 4) is 0 Å². The molecule has 54 heavy (non-hydrogen) atoms. The molecule has 318 valence electrons. The van der Waals surface area contributed by atoms with E-state index in [0.717, 1.165) is 77.0 Å². The average molecular weight is 762 g/mol. The van der Waals surface area contributed by atoms with E-state index in [1.165, 1.54) is 135 Å². The Labute approximate surface area is 335 Å². The Morgan fingerprint density at radius 3 is 1.37 bits per heavy atom. The van der Waals surface area contributed by atoms with Gasteiger partial charge in [-0.05, 0) is 57.8 Å². The summed E-state index contributed by atoms with van der Waals surface area (Å²) in [6, 6.07) is -0.555. The molecule has 0 radical (unpaired) electrons. The highest BCUT2D eigenvalue weighted by Gasteiger charge is 2.20. The molecular formula is C48H91NO5. The van der Waals surface area contributed by atoms with Gasteiger partial charge in [-0.15, -0.1) is 0 Å². The second-order valence-electron chi connectivity index (χ2n) is 16.1. The first-order valence-electron chi connectivity index (χ1n) is 23.6. The van der Waals surface area contributed by atoms with E-state index in [-0.39, 0.29) is 18.5 Å². The zero-order valence-electron chi connectivity index (χ0n) is 36.0. The van der Waals surface area contributed by atoms with E-state index in [1.807, 2.05) is 0 Å². The summed E-state index contributed by atoms with van der Waals surface area (Å²) in [6.45, 7) is 4.87. The maximum absolute atomic E-state index is 12.4. The van der Waals surface area contributed by atoms with Crippen LogP contribution in [-0.2, 0) is 14.3 Å². The average Bonchev–Trinajstić information content (AvgIpc) is 3.17. The second kappa shape index (κ2) is 44.1. The van der Waals surface area contributed by atoms with Crippen molar-refractivity contribution in [2.24, 2.45) is 0 Å². The molecule has 6 heteroatoms. The van der Waals surface area contributed by atoms with Crippen LogP contribution in [0.3, 0.4) is 0 Å². The third kappa shape index (κ3) is 40.0. The van der Waals surface area contributed by atoms with Gasteiger partial charge in [0.15, 0.2) is 0 Å². The van der Waals surface area contributed by atoms with Gasteiger partial charge in [0.2, 0.25) is 5.91 Å². The molecule has 0 heterocycles. The number of hydrogen-bond donors (Lipinski definition) is 3. The van der Waals surface area contributed by atoms with Crippen LogP contribution in [0.2, 0.25) is 0 Å². The summed E-state index contributed by atoms with van der Waals surface area (Å²) >= 11 is 0. The van der Waals surface area contributed by atoms with E-state index in [0.29, 0.717) is 25.9 Å². The van der Waals surface area contributed by atoms with Crippen LogP contribution in [0.25, 0.3) is 0 Å². The maximum atomic E-state index is 12.4. The minimum absolute atomic E-state index is 0.0226. The summed E-state index contributed by atoms with van der Waals surface area (Å²) in [7, 11) is 0. The van der Waals surface area contributed by atoms with Gasteiger partial charge >= 0.3 is 5.97 Å². The third-order valence-electron chi connectivity index (χ3n) is 10.8. The fourth-order valence-corrected chi connectivity index (χ4v) is 7.10.